The molecule has 11 rings (SSSR count). The second-order valence-electron chi connectivity index (χ2n) is 13.1. The van der Waals surface area contributed by atoms with Gasteiger partial charge in [-0.15, -0.1) is 0 Å². The van der Waals surface area contributed by atoms with E-state index in [2.05, 4.69) is 121 Å². The van der Waals surface area contributed by atoms with Gasteiger partial charge in [-0.1, -0.05) is 140 Å². The fourth-order valence-electron chi connectivity index (χ4n) is 7.76. The molecule has 0 spiro atoms. The van der Waals surface area contributed by atoms with Crippen LogP contribution in [0.5, 0.6) is 0 Å². The van der Waals surface area contributed by atoms with Crippen LogP contribution in [-0.2, 0) is 0 Å². The Bertz CT molecular complexity index is 3190. The number of benzene rings is 8. The van der Waals surface area contributed by atoms with Crippen molar-refractivity contribution in [1.29, 1.82) is 0 Å². The Balaban J connectivity index is 1.16. The Kier molecular flexibility index (Phi) is 6.18. The van der Waals surface area contributed by atoms with E-state index in [9.17, 15) is 0 Å². The fourth-order valence-corrected chi connectivity index (χ4v) is 7.76. The van der Waals surface area contributed by atoms with Crippen LogP contribution in [0.1, 0.15) is 0 Å². The van der Waals surface area contributed by atoms with Crippen LogP contribution in [-0.4, -0.2) is 15.0 Å². The van der Waals surface area contributed by atoms with E-state index < -0.39 is 0 Å². The molecule has 0 N–H and O–H groups in total. The Labute approximate surface area is 297 Å². The number of rotatable bonds is 4. The van der Waals surface area contributed by atoms with Gasteiger partial charge in [-0.05, 0) is 56.9 Å². The van der Waals surface area contributed by atoms with E-state index in [-0.39, 0.29) is 0 Å². The molecule has 0 unspecified atom stereocenters. The van der Waals surface area contributed by atoms with Crippen LogP contribution in [0.2, 0.25) is 0 Å². The maximum Gasteiger partial charge on any atom is 0.164 e. The summed E-state index contributed by atoms with van der Waals surface area (Å²) in [5.41, 5.74) is 8.23. The van der Waals surface area contributed by atoms with Crippen LogP contribution in [0.25, 0.3) is 111 Å². The highest BCUT2D eigenvalue weighted by molar-refractivity contribution is 6.22. The first-order valence-corrected chi connectivity index (χ1v) is 17.4. The summed E-state index contributed by atoms with van der Waals surface area (Å²) in [6.07, 6.45) is 0. The minimum Gasteiger partial charge on any atom is -0.456 e. The van der Waals surface area contributed by atoms with Crippen LogP contribution in [0.15, 0.2) is 173 Å². The smallest absolute Gasteiger partial charge is 0.164 e. The first-order chi connectivity index (χ1) is 25.8. The molecule has 11 aromatic rings. The molecule has 0 aliphatic carbocycles. The average Bonchev–Trinajstić information content (AvgIpc) is 3.79. The van der Waals surface area contributed by atoms with Gasteiger partial charge in [0.25, 0.3) is 0 Å². The topological polar surface area (TPSA) is 65.0 Å². The number of aromatic nitrogens is 3. The highest BCUT2D eigenvalue weighted by Gasteiger charge is 2.21. The molecule has 0 atom stereocenters. The van der Waals surface area contributed by atoms with Gasteiger partial charge in [-0.25, -0.2) is 15.0 Å². The second-order valence-corrected chi connectivity index (χ2v) is 13.1. The molecule has 3 aromatic heterocycles. The monoisotopic (exact) mass is 665 g/mol. The lowest BCUT2D eigenvalue weighted by Crippen LogP contribution is -2.01. The zero-order valence-electron chi connectivity index (χ0n) is 27.7. The van der Waals surface area contributed by atoms with Gasteiger partial charge in [0.05, 0.1) is 0 Å². The molecular formula is C47H27N3O2. The molecule has 0 aliphatic rings. The molecule has 3 heterocycles. The summed E-state index contributed by atoms with van der Waals surface area (Å²) in [6.45, 7) is 0. The maximum atomic E-state index is 6.45. The van der Waals surface area contributed by atoms with E-state index >= 15 is 0 Å². The van der Waals surface area contributed by atoms with Gasteiger partial charge in [0, 0.05) is 38.2 Å². The third kappa shape index (κ3) is 4.39. The molecule has 0 bridgehead atoms. The van der Waals surface area contributed by atoms with E-state index in [1.54, 1.807) is 0 Å². The molecule has 5 nitrogen and oxygen atoms in total. The number of hydrogen-bond acceptors (Lipinski definition) is 5. The van der Waals surface area contributed by atoms with Gasteiger partial charge in [0.15, 0.2) is 17.5 Å². The van der Waals surface area contributed by atoms with E-state index in [0.717, 1.165) is 76.9 Å². The second kappa shape index (κ2) is 11.2. The lowest BCUT2D eigenvalue weighted by molar-refractivity contribution is 0.669. The lowest BCUT2D eigenvalue weighted by atomic mass is 9.97. The van der Waals surface area contributed by atoms with E-state index in [1.165, 1.54) is 16.3 Å². The summed E-state index contributed by atoms with van der Waals surface area (Å²) in [4.78, 5) is 15.6. The zero-order valence-corrected chi connectivity index (χ0v) is 27.7. The molecule has 0 radical (unpaired) electrons. The largest absolute Gasteiger partial charge is 0.456 e. The summed E-state index contributed by atoms with van der Waals surface area (Å²) in [5, 5.41) is 8.73. The molecule has 242 valence electrons. The van der Waals surface area contributed by atoms with Crippen molar-refractivity contribution >= 4 is 65.4 Å². The van der Waals surface area contributed by atoms with Crippen molar-refractivity contribution in [3.05, 3.63) is 164 Å². The van der Waals surface area contributed by atoms with Crippen LogP contribution in [0, 0.1) is 0 Å². The van der Waals surface area contributed by atoms with Gasteiger partial charge in [-0.2, -0.15) is 0 Å². The summed E-state index contributed by atoms with van der Waals surface area (Å²) in [7, 11) is 0. The molecule has 5 heteroatoms. The summed E-state index contributed by atoms with van der Waals surface area (Å²) in [5.74, 6) is 1.73. The summed E-state index contributed by atoms with van der Waals surface area (Å²) < 4.78 is 12.7. The number of furan rings is 2. The van der Waals surface area contributed by atoms with Crippen molar-refractivity contribution in [3.63, 3.8) is 0 Å². The van der Waals surface area contributed by atoms with E-state index in [1.807, 2.05) is 42.5 Å². The number of nitrogens with zero attached hydrogens (tertiary/aromatic N) is 3. The van der Waals surface area contributed by atoms with Crippen molar-refractivity contribution in [1.82, 2.24) is 15.0 Å². The van der Waals surface area contributed by atoms with Crippen LogP contribution in [0.4, 0.5) is 0 Å². The third-order valence-corrected chi connectivity index (χ3v) is 10.1. The van der Waals surface area contributed by atoms with Crippen molar-refractivity contribution in [2.75, 3.05) is 0 Å². The molecule has 0 aliphatic heterocycles. The zero-order chi connectivity index (χ0) is 34.2. The van der Waals surface area contributed by atoms with Gasteiger partial charge in [0.1, 0.15) is 22.3 Å². The highest BCUT2D eigenvalue weighted by atomic mass is 16.3. The summed E-state index contributed by atoms with van der Waals surface area (Å²) >= 11 is 0. The average molecular weight is 666 g/mol. The minimum absolute atomic E-state index is 0.571. The minimum atomic E-state index is 0.571. The molecular weight excluding hydrogens is 639 g/mol. The van der Waals surface area contributed by atoms with Crippen LogP contribution < -0.4 is 0 Å². The number of hydrogen-bond donors (Lipinski definition) is 0. The predicted molar refractivity (Wildman–Crippen MR) is 211 cm³/mol. The standard InChI is InChI=1S/C47H27N3O2/c1-2-13-31-28(11-1)12-9-18-32(31)29-23-25-30(26-24-29)45-48-46(37-19-10-22-41-44(37)36-17-6-7-20-39(36)51-41)50-47(49-45)38-27-42-43(34-15-4-3-14-33(34)38)35-16-5-8-21-40(35)52-42/h1-27H. The maximum absolute atomic E-state index is 6.45. The number of fused-ring (bicyclic) bond motifs is 9. The van der Waals surface area contributed by atoms with E-state index in [4.69, 9.17) is 23.8 Å². The summed E-state index contributed by atoms with van der Waals surface area (Å²) in [6, 6.07) is 56.3. The Hall–Kier alpha value is -7.11. The van der Waals surface area contributed by atoms with Crippen molar-refractivity contribution in [3.8, 4) is 45.3 Å². The first kappa shape index (κ1) is 28.7. The SMILES string of the molecule is c1ccc2c(-c3ccc(-c4nc(-c5cc6oc7ccccc7c6c6ccccc56)nc(-c5cccc6oc7ccccc7c56)n4)cc3)cccc2c1. The first-order valence-electron chi connectivity index (χ1n) is 17.4. The van der Waals surface area contributed by atoms with Gasteiger partial charge >= 0.3 is 0 Å². The normalized spacial score (nSPS) is 11.8. The van der Waals surface area contributed by atoms with Gasteiger partial charge in [-0.3, -0.25) is 0 Å². The predicted octanol–water partition coefficient (Wildman–Crippen LogP) is 12.6. The Morgan fingerprint density at radius 2 is 0.827 bits per heavy atom. The van der Waals surface area contributed by atoms with Gasteiger partial charge < -0.3 is 8.83 Å². The number of para-hydroxylation sites is 2. The Morgan fingerprint density at radius 3 is 1.62 bits per heavy atom. The van der Waals surface area contributed by atoms with E-state index in [0.29, 0.717) is 17.5 Å². The quantitative estimate of drug-likeness (QED) is 0.187. The van der Waals surface area contributed by atoms with Crippen molar-refractivity contribution in [2.24, 2.45) is 0 Å². The third-order valence-electron chi connectivity index (χ3n) is 10.1. The van der Waals surface area contributed by atoms with Crippen molar-refractivity contribution < 1.29 is 8.83 Å². The molecule has 0 fully saturated rings. The highest BCUT2D eigenvalue weighted by Crippen LogP contribution is 2.41. The molecule has 52 heavy (non-hydrogen) atoms. The fraction of sp³-hybridized carbons (Fsp3) is 0. The van der Waals surface area contributed by atoms with Crippen LogP contribution >= 0.6 is 0 Å². The van der Waals surface area contributed by atoms with Crippen LogP contribution in [0.3, 0.4) is 0 Å². The Morgan fingerprint density at radius 1 is 0.308 bits per heavy atom. The molecule has 0 saturated heterocycles. The lowest BCUT2D eigenvalue weighted by Gasteiger charge is -2.12. The molecule has 0 saturated carbocycles. The van der Waals surface area contributed by atoms with Gasteiger partial charge in [0.2, 0.25) is 0 Å². The van der Waals surface area contributed by atoms with Crippen molar-refractivity contribution in [2.45, 2.75) is 0 Å². The molecule has 0 amide bonds. The molecule has 8 aromatic carbocycles.